The van der Waals surface area contributed by atoms with E-state index in [1.807, 2.05) is 13.8 Å². The Morgan fingerprint density at radius 2 is 1.81 bits per heavy atom. The second-order valence-corrected chi connectivity index (χ2v) is 4.64. The molecule has 1 rings (SSSR count). The Morgan fingerprint density at radius 1 is 1.25 bits per heavy atom. The van der Waals surface area contributed by atoms with Crippen LogP contribution in [-0.4, -0.2) is 6.54 Å². The molecule has 0 amide bonds. The Morgan fingerprint density at radius 3 is 2.25 bits per heavy atom. The zero-order chi connectivity index (χ0) is 12.2. The van der Waals surface area contributed by atoms with Gasteiger partial charge >= 0.3 is 0 Å². The molecule has 1 unspecified atom stereocenters. The highest BCUT2D eigenvalue weighted by Crippen LogP contribution is 2.29. The van der Waals surface area contributed by atoms with Crippen molar-refractivity contribution in [1.29, 1.82) is 0 Å². The van der Waals surface area contributed by atoms with Gasteiger partial charge in [0.05, 0.1) is 0 Å². The van der Waals surface area contributed by atoms with Crippen molar-refractivity contribution in [3.8, 4) is 0 Å². The van der Waals surface area contributed by atoms with Gasteiger partial charge in [0, 0.05) is 5.56 Å². The Kier molecular flexibility index (Phi) is 4.42. The second kappa shape index (κ2) is 5.39. The largest absolute Gasteiger partial charge is 0.330 e. The first-order chi connectivity index (χ1) is 7.52. The second-order valence-electron chi connectivity index (χ2n) is 4.64. The molecule has 0 fully saturated rings. The first-order valence-corrected chi connectivity index (χ1v) is 5.65. The van der Waals surface area contributed by atoms with Crippen LogP contribution < -0.4 is 5.73 Å². The van der Waals surface area contributed by atoms with Crippen molar-refractivity contribution in [3.05, 3.63) is 35.4 Å². The highest BCUT2D eigenvalue weighted by molar-refractivity contribution is 5.21. The predicted octanol–water partition coefficient (Wildman–Crippen LogP) is 3.27. The standard InChI is InChI=1S/C13H19F2N/c1-3-7-13(2,9-16)8-10-11(14)5-4-6-12(10)15/h4-6H,3,7-9,16H2,1-2H3. The van der Waals surface area contributed by atoms with Gasteiger partial charge in [0.15, 0.2) is 0 Å². The summed E-state index contributed by atoms with van der Waals surface area (Å²) >= 11 is 0. The average molecular weight is 227 g/mol. The average Bonchev–Trinajstić information content (AvgIpc) is 2.24. The molecule has 0 aliphatic rings. The van der Waals surface area contributed by atoms with Crippen molar-refractivity contribution in [1.82, 2.24) is 0 Å². The Balaban J connectivity index is 2.94. The van der Waals surface area contributed by atoms with Crippen LogP contribution in [0.1, 0.15) is 32.3 Å². The third-order valence-electron chi connectivity index (χ3n) is 3.01. The lowest BCUT2D eigenvalue weighted by atomic mass is 9.79. The molecular formula is C13H19F2N. The molecule has 1 atom stereocenters. The lowest BCUT2D eigenvalue weighted by Crippen LogP contribution is -2.30. The van der Waals surface area contributed by atoms with Crippen molar-refractivity contribution in [2.75, 3.05) is 6.54 Å². The lowest BCUT2D eigenvalue weighted by molar-refractivity contribution is 0.294. The molecular weight excluding hydrogens is 208 g/mol. The molecule has 2 N–H and O–H groups in total. The molecule has 1 aromatic rings. The van der Waals surface area contributed by atoms with Crippen LogP contribution in [0, 0.1) is 17.0 Å². The summed E-state index contributed by atoms with van der Waals surface area (Å²) in [6.07, 6.45) is 2.19. The molecule has 0 saturated heterocycles. The molecule has 3 heteroatoms. The van der Waals surface area contributed by atoms with Crippen LogP contribution >= 0.6 is 0 Å². The monoisotopic (exact) mass is 227 g/mol. The van der Waals surface area contributed by atoms with Crippen LogP contribution in [-0.2, 0) is 6.42 Å². The number of halogens is 2. The molecule has 0 radical (unpaired) electrons. The molecule has 90 valence electrons. The van der Waals surface area contributed by atoms with Gasteiger partial charge in [-0.3, -0.25) is 0 Å². The van der Waals surface area contributed by atoms with E-state index in [1.54, 1.807) is 0 Å². The molecule has 16 heavy (non-hydrogen) atoms. The fraction of sp³-hybridized carbons (Fsp3) is 0.538. The van der Waals surface area contributed by atoms with E-state index in [1.165, 1.54) is 18.2 Å². The molecule has 0 aliphatic heterocycles. The maximum atomic E-state index is 13.5. The van der Waals surface area contributed by atoms with E-state index in [9.17, 15) is 8.78 Å². The zero-order valence-electron chi connectivity index (χ0n) is 9.89. The highest BCUT2D eigenvalue weighted by Gasteiger charge is 2.25. The summed E-state index contributed by atoms with van der Waals surface area (Å²) in [5.74, 6) is -0.952. The normalized spacial score (nSPS) is 14.8. The SMILES string of the molecule is CCCC(C)(CN)Cc1c(F)cccc1F. The molecule has 0 saturated carbocycles. The minimum absolute atomic E-state index is 0.156. The van der Waals surface area contributed by atoms with Crippen molar-refractivity contribution >= 4 is 0 Å². The predicted molar refractivity (Wildman–Crippen MR) is 62.1 cm³/mol. The summed E-state index contributed by atoms with van der Waals surface area (Å²) in [5, 5.41) is 0. The van der Waals surface area contributed by atoms with Gasteiger partial charge in [-0.15, -0.1) is 0 Å². The van der Waals surface area contributed by atoms with Crippen molar-refractivity contribution < 1.29 is 8.78 Å². The molecule has 0 heterocycles. The minimum Gasteiger partial charge on any atom is -0.330 e. The molecule has 0 bridgehead atoms. The van der Waals surface area contributed by atoms with Gasteiger partial charge in [-0.1, -0.05) is 26.3 Å². The first-order valence-electron chi connectivity index (χ1n) is 5.65. The van der Waals surface area contributed by atoms with Crippen molar-refractivity contribution in [2.24, 2.45) is 11.1 Å². The fourth-order valence-corrected chi connectivity index (χ4v) is 1.99. The summed E-state index contributed by atoms with van der Waals surface area (Å²) in [6.45, 7) is 4.46. The van der Waals surface area contributed by atoms with Gasteiger partial charge in [-0.25, -0.2) is 8.78 Å². The van der Waals surface area contributed by atoms with E-state index in [0.717, 1.165) is 12.8 Å². The van der Waals surface area contributed by atoms with Gasteiger partial charge in [0.2, 0.25) is 0 Å². The Labute approximate surface area is 95.7 Å². The zero-order valence-corrected chi connectivity index (χ0v) is 9.89. The van der Waals surface area contributed by atoms with E-state index in [0.29, 0.717) is 13.0 Å². The van der Waals surface area contributed by atoms with Crippen molar-refractivity contribution in [3.63, 3.8) is 0 Å². The summed E-state index contributed by atoms with van der Waals surface area (Å²) in [4.78, 5) is 0. The molecule has 1 nitrogen and oxygen atoms in total. The summed E-state index contributed by atoms with van der Waals surface area (Å²) < 4.78 is 27.0. The molecule has 1 aromatic carbocycles. The van der Waals surface area contributed by atoms with Gasteiger partial charge in [0.25, 0.3) is 0 Å². The maximum absolute atomic E-state index is 13.5. The van der Waals surface area contributed by atoms with Crippen LogP contribution in [0.15, 0.2) is 18.2 Å². The molecule has 0 spiro atoms. The smallest absolute Gasteiger partial charge is 0.129 e. The first kappa shape index (κ1) is 13.1. The third kappa shape index (κ3) is 3.01. The third-order valence-corrected chi connectivity index (χ3v) is 3.01. The number of nitrogens with two attached hydrogens (primary N) is 1. The Hall–Kier alpha value is -0.960. The number of benzene rings is 1. The van der Waals surface area contributed by atoms with Crippen LogP contribution in [0.25, 0.3) is 0 Å². The van der Waals surface area contributed by atoms with Gasteiger partial charge in [-0.05, 0) is 36.9 Å². The fourth-order valence-electron chi connectivity index (χ4n) is 1.99. The van der Waals surface area contributed by atoms with E-state index in [-0.39, 0.29) is 11.0 Å². The quantitative estimate of drug-likeness (QED) is 0.820. The van der Waals surface area contributed by atoms with E-state index in [4.69, 9.17) is 5.73 Å². The van der Waals surface area contributed by atoms with Crippen LogP contribution in [0.4, 0.5) is 8.78 Å². The van der Waals surface area contributed by atoms with Crippen LogP contribution in [0.3, 0.4) is 0 Å². The van der Waals surface area contributed by atoms with Gasteiger partial charge in [-0.2, -0.15) is 0 Å². The minimum atomic E-state index is -0.476. The van der Waals surface area contributed by atoms with Gasteiger partial charge in [0.1, 0.15) is 11.6 Å². The lowest BCUT2D eigenvalue weighted by Gasteiger charge is -2.28. The summed E-state index contributed by atoms with van der Waals surface area (Å²) in [7, 11) is 0. The Bertz CT molecular complexity index is 332. The van der Waals surface area contributed by atoms with E-state index in [2.05, 4.69) is 0 Å². The highest BCUT2D eigenvalue weighted by atomic mass is 19.1. The molecule has 0 aromatic heterocycles. The maximum Gasteiger partial charge on any atom is 0.129 e. The molecule has 0 aliphatic carbocycles. The van der Waals surface area contributed by atoms with Gasteiger partial charge < -0.3 is 5.73 Å². The van der Waals surface area contributed by atoms with Crippen LogP contribution in [0.5, 0.6) is 0 Å². The summed E-state index contributed by atoms with van der Waals surface area (Å²) in [5.41, 5.74) is 5.63. The van der Waals surface area contributed by atoms with E-state index < -0.39 is 11.6 Å². The number of rotatable bonds is 5. The van der Waals surface area contributed by atoms with Crippen molar-refractivity contribution in [2.45, 2.75) is 33.1 Å². The van der Waals surface area contributed by atoms with Crippen LogP contribution in [0.2, 0.25) is 0 Å². The summed E-state index contributed by atoms with van der Waals surface area (Å²) in [6, 6.07) is 3.97. The van der Waals surface area contributed by atoms with E-state index >= 15 is 0 Å². The topological polar surface area (TPSA) is 26.0 Å². The number of hydrogen-bond acceptors (Lipinski definition) is 1. The number of hydrogen-bond donors (Lipinski definition) is 1.